The fraction of sp³-hybridized carbons (Fsp3) is 0.667. The lowest BCUT2D eigenvalue weighted by molar-refractivity contribution is -0.143. The quantitative estimate of drug-likeness (QED) is 0.625. The van der Waals surface area contributed by atoms with Gasteiger partial charge in [0.15, 0.2) is 0 Å². The molecule has 158 valence electrons. The van der Waals surface area contributed by atoms with Gasteiger partial charge in [-0.15, -0.1) is 0 Å². The summed E-state index contributed by atoms with van der Waals surface area (Å²) in [5, 5.41) is 1.45. The molecule has 0 saturated heterocycles. The summed E-state index contributed by atoms with van der Waals surface area (Å²) in [5.41, 5.74) is 6.11. The van der Waals surface area contributed by atoms with Crippen LogP contribution in [0.4, 0.5) is 0 Å². The van der Waals surface area contributed by atoms with Crippen molar-refractivity contribution in [2.45, 2.75) is 83.7 Å². The second kappa shape index (κ2) is 6.14. The first-order valence-corrected chi connectivity index (χ1v) is 12.5. The van der Waals surface area contributed by atoms with E-state index in [0.717, 1.165) is 43.7 Å². The molecule has 3 nitrogen and oxygen atoms in total. The highest BCUT2D eigenvalue weighted by Crippen LogP contribution is 2.61. The van der Waals surface area contributed by atoms with E-state index in [2.05, 4.69) is 34.6 Å². The van der Waals surface area contributed by atoms with Gasteiger partial charge in [-0.2, -0.15) is 0 Å². The zero-order valence-electron chi connectivity index (χ0n) is 18.3. The third-order valence-corrected chi connectivity index (χ3v) is 9.54. The Morgan fingerprint density at radius 3 is 2.53 bits per heavy atom. The SMILES string of the molecule is Cc1ccc2c(c1)c1c3n2CCN(C(=O)CC24CC5CC(CC(C5)C2)C4)C3CCC1. The van der Waals surface area contributed by atoms with Crippen LogP contribution in [0, 0.1) is 30.1 Å². The van der Waals surface area contributed by atoms with Gasteiger partial charge in [-0.1, -0.05) is 11.6 Å². The van der Waals surface area contributed by atoms with E-state index >= 15 is 0 Å². The number of fused-ring (bicyclic) bond motifs is 3. The molecule has 8 rings (SSSR count). The molecule has 1 aromatic heterocycles. The number of carbonyl (C=O) groups excluding carboxylic acids is 1. The molecular weight excluding hydrogens is 368 g/mol. The molecule has 2 aromatic rings. The van der Waals surface area contributed by atoms with Crippen molar-refractivity contribution in [2.75, 3.05) is 6.54 Å². The number of amides is 1. The van der Waals surface area contributed by atoms with Gasteiger partial charge in [0.25, 0.3) is 0 Å². The molecule has 0 radical (unpaired) electrons. The average molecular weight is 403 g/mol. The average Bonchev–Trinajstić information content (AvgIpc) is 3.02. The van der Waals surface area contributed by atoms with Gasteiger partial charge in [0.1, 0.15) is 0 Å². The Balaban J connectivity index is 1.22. The van der Waals surface area contributed by atoms with Crippen LogP contribution >= 0.6 is 0 Å². The van der Waals surface area contributed by atoms with Crippen LogP contribution in [0.1, 0.15) is 80.7 Å². The Morgan fingerprint density at radius 2 is 1.80 bits per heavy atom. The number of hydrogen-bond acceptors (Lipinski definition) is 1. The largest absolute Gasteiger partial charge is 0.341 e. The molecule has 4 bridgehead atoms. The number of aromatic nitrogens is 1. The molecule has 0 spiro atoms. The van der Waals surface area contributed by atoms with Gasteiger partial charge in [-0.3, -0.25) is 4.79 Å². The monoisotopic (exact) mass is 402 g/mol. The van der Waals surface area contributed by atoms with Crippen LogP contribution < -0.4 is 0 Å². The van der Waals surface area contributed by atoms with E-state index in [9.17, 15) is 4.79 Å². The summed E-state index contributed by atoms with van der Waals surface area (Å²) in [6, 6.07) is 7.25. The Morgan fingerprint density at radius 1 is 1.07 bits per heavy atom. The van der Waals surface area contributed by atoms with Crippen molar-refractivity contribution in [3.8, 4) is 0 Å². The molecule has 1 aromatic carbocycles. The molecule has 2 heterocycles. The van der Waals surface area contributed by atoms with Crippen LogP contribution in [-0.2, 0) is 17.8 Å². The third-order valence-electron chi connectivity index (χ3n) is 9.54. The Hall–Kier alpha value is -1.77. The van der Waals surface area contributed by atoms with E-state index in [1.165, 1.54) is 79.1 Å². The van der Waals surface area contributed by atoms with Gasteiger partial charge in [-0.05, 0) is 106 Å². The van der Waals surface area contributed by atoms with Gasteiger partial charge in [0.2, 0.25) is 5.91 Å². The minimum Gasteiger partial charge on any atom is -0.341 e. The molecular formula is C27H34N2O. The fourth-order valence-electron chi connectivity index (χ4n) is 8.95. The van der Waals surface area contributed by atoms with Crippen LogP contribution in [0.2, 0.25) is 0 Å². The second-order valence-electron chi connectivity index (χ2n) is 11.6. The zero-order chi connectivity index (χ0) is 20.0. The molecule has 4 saturated carbocycles. The fourth-order valence-corrected chi connectivity index (χ4v) is 8.95. The van der Waals surface area contributed by atoms with Crippen LogP contribution in [0.25, 0.3) is 10.9 Å². The maximum absolute atomic E-state index is 13.8. The molecule has 5 aliphatic carbocycles. The zero-order valence-corrected chi connectivity index (χ0v) is 18.3. The van der Waals surface area contributed by atoms with E-state index in [-0.39, 0.29) is 0 Å². The summed E-state index contributed by atoms with van der Waals surface area (Å²) in [6.45, 7) is 4.07. The number of rotatable bonds is 2. The molecule has 0 N–H and O–H groups in total. The van der Waals surface area contributed by atoms with E-state index in [0.29, 0.717) is 17.4 Å². The van der Waals surface area contributed by atoms with Crippen LogP contribution in [0.3, 0.4) is 0 Å². The molecule has 1 amide bonds. The predicted molar refractivity (Wildman–Crippen MR) is 119 cm³/mol. The summed E-state index contributed by atoms with van der Waals surface area (Å²) >= 11 is 0. The number of benzene rings is 1. The van der Waals surface area contributed by atoms with Crippen molar-refractivity contribution in [3.63, 3.8) is 0 Å². The van der Waals surface area contributed by atoms with E-state index in [4.69, 9.17) is 0 Å². The lowest BCUT2D eigenvalue weighted by Gasteiger charge is -2.57. The van der Waals surface area contributed by atoms with Crippen molar-refractivity contribution in [2.24, 2.45) is 23.2 Å². The highest BCUT2D eigenvalue weighted by atomic mass is 16.2. The maximum atomic E-state index is 13.8. The topological polar surface area (TPSA) is 25.2 Å². The first-order chi connectivity index (χ1) is 14.6. The third kappa shape index (κ3) is 2.47. The summed E-state index contributed by atoms with van der Waals surface area (Å²) in [5.74, 6) is 3.26. The van der Waals surface area contributed by atoms with Crippen molar-refractivity contribution in [1.29, 1.82) is 0 Å². The number of carbonyl (C=O) groups is 1. The second-order valence-corrected chi connectivity index (χ2v) is 11.6. The molecule has 1 unspecified atom stereocenters. The Labute approximate surface area is 179 Å². The van der Waals surface area contributed by atoms with Crippen LogP contribution in [0.15, 0.2) is 18.2 Å². The van der Waals surface area contributed by atoms with Crippen molar-refractivity contribution in [3.05, 3.63) is 35.0 Å². The first-order valence-electron chi connectivity index (χ1n) is 12.5. The summed E-state index contributed by atoms with van der Waals surface area (Å²) < 4.78 is 2.56. The van der Waals surface area contributed by atoms with Crippen LogP contribution in [0.5, 0.6) is 0 Å². The van der Waals surface area contributed by atoms with Crippen molar-refractivity contribution >= 4 is 16.8 Å². The first kappa shape index (κ1) is 17.9. The summed E-state index contributed by atoms with van der Waals surface area (Å²) in [6.07, 6.45) is 12.8. The van der Waals surface area contributed by atoms with Gasteiger partial charge < -0.3 is 9.47 Å². The molecule has 3 heteroatoms. The minimum absolute atomic E-state index is 0.316. The van der Waals surface area contributed by atoms with E-state index in [1.54, 1.807) is 0 Å². The number of aryl methyl sites for hydroxylation is 2. The van der Waals surface area contributed by atoms with Crippen LogP contribution in [-0.4, -0.2) is 21.9 Å². The lowest BCUT2D eigenvalue weighted by Crippen LogP contribution is -2.50. The lowest BCUT2D eigenvalue weighted by atomic mass is 9.49. The molecule has 1 aliphatic heterocycles. The molecule has 6 aliphatic rings. The van der Waals surface area contributed by atoms with Gasteiger partial charge in [0.05, 0.1) is 6.04 Å². The number of nitrogens with zero attached hydrogens (tertiary/aromatic N) is 2. The summed E-state index contributed by atoms with van der Waals surface area (Å²) in [4.78, 5) is 16.1. The van der Waals surface area contributed by atoms with Gasteiger partial charge in [0, 0.05) is 36.1 Å². The van der Waals surface area contributed by atoms with Gasteiger partial charge >= 0.3 is 0 Å². The van der Waals surface area contributed by atoms with Crippen molar-refractivity contribution in [1.82, 2.24) is 9.47 Å². The minimum atomic E-state index is 0.316. The highest BCUT2D eigenvalue weighted by molar-refractivity contribution is 5.87. The van der Waals surface area contributed by atoms with E-state index < -0.39 is 0 Å². The Kier molecular flexibility index (Phi) is 3.66. The smallest absolute Gasteiger partial charge is 0.223 e. The van der Waals surface area contributed by atoms with Gasteiger partial charge in [-0.25, -0.2) is 0 Å². The number of hydrogen-bond donors (Lipinski definition) is 0. The predicted octanol–water partition coefficient (Wildman–Crippen LogP) is 5.78. The van der Waals surface area contributed by atoms with Crippen molar-refractivity contribution < 1.29 is 4.79 Å². The normalized spacial score (nSPS) is 36.4. The molecule has 30 heavy (non-hydrogen) atoms. The maximum Gasteiger partial charge on any atom is 0.223 e. The standard InChI is InChI=1S/C27H34N2O/c1-17-5-6-23-22(9-17)21-3-2-4-24-26(21)29(23)8-7-28(24)25(30)16-27-13-18-10-19(14-27)12-20(11-18)15-27/h5-6,9,18-20,24H,2-4,7-8,10-16H2,1H3. The summed E-state index contributed by atoms with van der Waals surface area (Å²) in [7, 11) is 0. The van der Waals surface area contributed by atoms with E-state index in [1.807, 2.05) is 0 Å². The Bertz CT molecular complexity index is 1010. The molecule has 1 atom stereocenters. The molecule has 4 fully saturated rings. The highest BCUT2D eigenvalue weighted by Gasteiger charge is 2.52.